The SMILES string of the molecule is C#C.CCCCC1(C)CCC(C)(C(F)(F)F)CC1. The molecule has 0 amide bonds. The van der Waals surface area contributed by atoms with Gasteiger partial charge in [0, 0.05) is 0 Å². The minimum absolute atomic E-state index is 0.154. The number of terminal acetylenes is 1. The molecule has 1 aliphatic rings. The third-order valence-electron chi connectivity index (χ3n) is 4.38. The fourth-order valence-corrected chi connectivity index (χ4v) is 2.54. The van der Waals surface area contributed by atoms with Crippen molar-refractivity contribution in [2.45, 2.75) is 71.9 Å². The van der Waals surface area contributed by atoms with Crippen molar-refractivity contribution in [3.05, 3.63) is 0 Å². The van der Waals surface area contributed by atoms with Crippen LogP contribution in [0.3, 0.4) is 0 Å². The molecular formula is C15H25F3. The first-order valence-corrected chi connectivity index (χ1v) is 6.63. The highest BCUT2D eigenvalue weighted by Gasteiger charge is 2.53. The Kier molecular flexibility index (Phi) is 6.26. The molecule has 3 heteroatoms. The van der Waals surface area contributed by atoms with Crippen molar-refractivity contribution < 1.29 is 13.2 Å². The van der Waals surface area contributed by atoms with E-state index in [-0.39, 0.29) is 5.41 Å². The molecular weight excluding hydrogens is 237 g/mol. The van der Waals surface area contributed by atoms with Crippen molar-refractivity contribution in [2.75, 3.05) is 0 Å². The zero-order valence-electron chi connectivity index (χ0n) is 11.7. The highest BCUT2D eigenvalue weighted by molar-refractivity contribution is 4.92. The molecule has 0 aromatic rings. The number of alkyl halides is 3. The van der Waals surface area contributed by atoms with Crippen LogP contribution in [-0.4, -0.2) is 6.18 Å². The van der Waals surface area contributed by atoms with E-state index in [1.807, 2.05) is 0 Å². The van der Waals surface area contributed by atoms with Crippen LogP contribution in [0.5, 0.6) is 0 Å². The molecule has 18 heavy (non-hydrogen) atoms. The summed E-state index contributed by atoms with van der Waals surface area (Å²) in [5.74, 6) is 0. The van der Waals surface area contributed by atoms with Gasteiger partial charge in [-0.25, -0.2) is 0 Å². The van der Waals surface area contributed by atoms with E-state index in [1.165, 1.54) is 6.92 Å². The quantitative estimate of drug-likeness (QED) is 0.583. The predicted octanol–water partition coefficient (Wildman–Crippen LogP) is 5.57. The van der Waals surface area contributed by atoms with Gasteiger partial charge in [-0.1, -0.05) is 33.6 Å². The first-order chi connectivity index (χ1) is 8.22. The molecule has 1 rings (SSSR count). The standard InChI is InChI=1S/C13H23F3.C2H2/c1-4-5-6-11(2)7-9-12(3,10-8-11)13(14,15)16;1-2/h4-10H2,1-3H3;1-2H. The minimum atomic E-state index is -4.03. The van der Waals surface area contributed by atoms with E-state index in [1.54, 1.807) is 0 Å². The van der Waals surface area contributed by atoms with E-state index in [4.69, 9.17) is 0 Å². The largest absolute Gasteiger partial charge is 0.394 e. The van der Waals surface area contributed by atoms with Crippen LogP contribution < -0.4 is 0 Å². The number of unbranched alkanes of at least 4 members (excludes halogenated alkanes) is 1. The summed E-state index contributed by atoms with van der Waals surface area (Å²) < 4.78 is 38.5. The van der Waals surface area contributed by atoms with Crippen LogP contribution in [0.2, 0.25) is 0 Å². The Balaban J connectivity index is 0.00000137. The molecule has 0 radical (unpaired) electrons. The lowest BCUT2D eigenvalue weighted by molar-refractivity contribution is -0.233. The maximum Gasteiger partial charge on any atom is 0.394 e. The maximum atomic E-state index is 12.8. The molecule has 0 saturated heterocycles. The van der Waals surface area contributed by atoms with Crippen LogP contribution in [-0.2, 0) is 0 Å². The lowest BCUT2D eigenvalue weighted by Crippen LogP contribution is -2.41. The average molecular weight is 262 g/mol. The van der Waals surface area contributed by atoms with Crippen molar-refractivity contribution >= 4 is 0 Å². The third kappa shape index (κ3) is 4.23. The Morgan fingerprint density at radius 3 is 1.78 bits per heavy atom. The molecule has 0 N–H and O–H groups in total. The molecule has 0 aromatic carbocycles. The van der Waals surface area contributed by atoms with Crippen LogP contribution in [0, 0.1) is 23.7 Å². The molecule has 0 atom stereocenters. The molecule has 0 aliphatic heterocycles. The van der Waals surface area contributed by atoms with E-state index in [2.05, 4.69) is 26.7 Å². The summed E-state index contributed by atoms with van der Waals surface area (Å²) in [5.41, 5.74) is -1.28. The Hall–Kier alpha value is -0.650. The third-order valence-corrected chi connectivity index (χ3v) is 4.38. The van der Waals surface area contributed by atoms with Gasteiger partial charge in [0.1, 0.15) is 0 Å². The van der Waals surface area contributed by atoms with E-state index < -0.39 is 11.6 Å². The van der Waals surface area contributed by atoms with Gasteiger partial charge >= 0.3 is 6.18 Å². The summed E-state index contributed by atoms with van der Waals surface area (Å²) in [5, 5.41) is 0. The Bertz CT molecular complexity index is 255. The van der Waals surface area contributed by atoms with Crippen LogP contribution >= 0.6 is 0 Å². The Labute approximate surface area is 109 Å². The first-order valence-electron chi connectivity index (χ1n) is 6.63. The van der Waals surface area contributed by atoms with Gasteiger partial charge in [-0.2, -0.15) is 13.2 Å². The molecule has 0 spiro atoms. The van der Waals surface area contributed by atoms with Crippen molar-refractivity contribution in [1.82, 2.24) is 0 Å². The molecule has 0 unspecified atom stereocenters. The highest BCUT2D eigenvalue weighted by atomic mass is 19.4. The zero-order chi connectivity index (χ0) is 14.4. The molecule has 106 valence electrons. The molecule has 1 saturated carbocycles. The molecule has 1 aliphatic carbocycles. The molecule has 0 aromatic heterocycles. The number of halogens is 3. The smallest absolute Gasteiger partial charge is 0.171 e. The van der Waals surface area contributed by atoms with E-state index >= 15 is 0 Å². The number of rotatable bonds is 3. The highest BCUT2D eigenvalue weighted by Crippen LogP contribution is 2.54. The minimum Gasteiger partial charge on any atom is -0.171 e. The van der Waals surface area contributed by atoms with Crippen molar-refractivity contribution in [3.8, 4) is 12.8 Å². The van der Waals surface area contributed by atoms with Gasteiger partial charge in [-0.05, 0) is 37.5 Å². The monoisotopic (exact) mass is 262 g/mol. The summed E-state index contributed by atoms with van der Waals surface area (Å²) >= 11 is 0. The second-order valence-electron chi connectivity index (χ2n) is 5.97. The van der Waals surface area contributed by atoms with Crippen LogP contribution in [0.15, 0.2) is 0 Å². The van der Waals surface area contributed by atoms with Crippen molar-refractivity contribution in [1.29, 1.82) is 0 Å². The van der Waals surface area contributed by atoms with Gasteiger partial charge in [0.2, 0.25) is 0 Å². The van der Waals surface area contributed by atoms with Crippen molar-refractivity contribution in [2.24, 2.45) is 10.8 Å². The fourth-order valence-electron chi connectivity index (χ4n) is 2.54. The van der Waals surface area contributed by atoms with Crippen LogP contribution in [0.25, 0.3) is 0 Å². The lowest BCUT2D eigenvalue weighted by Gasteiger charge is -2.44. The van der Waals surface area contributed by atoms with Crippen LogP contribution in [0.1, 0.15) is 65.7 Å². The van der Waals surface area contributed by atoms with Crippen molar-refractivity contribution in [3.63, 3.8) is 0 Å². The molecule has 0 nitrogen and oxygen atoms in total. The summed E-state index contributed by atoms with van der Waals surface area (Å²) in [6, 6.07) is 0. The molecule has 0 heterocycles. The lowest BCUT2D eigenvalue weighted by atomic mass is 9.63. The molecule has 1 fully saturated rings. The summed E-state index contributed by atoms with van der Waals surface area (Å²) in [7, 11) is 0. The number of hydrogen-bond donors (Lipinski definition) is 0. The first kappa shape index (κ1) is 17.4. The van der Waals surface area contributed by atoms with E-state index in [0.29, 0.717) is 12.8 Å². The van der Waals surface area contributed by atoms with Gasteiger partial charge < -0.3 is 0 Å². The predicted molar refractivity (Wildman–Crippen MR) is 70.2 cm³/mol. The van der Waals surface area contributed by atoms with Gasteiger partial charge in [0.15, 0.2) is 0 Å². The second kappa shape index (κ2) is 6.50. The number of hydrogen-bond acceptors (Lipinski definition) is 0. The summed E-state index contributed by atoms with van der Waals surface area (Å²) in [6.45, 7) is 5.66. The second-order valence-corrected chi connectivity index (χ2v) is 5.97. The average Bonchev–Trinajstić information content (AvgIpc) is 2.32. The van der Waals surface area contributed by atoms with Gasteiger partial charge in [-0.15, -0.1) is 12.8 Å². The van der Waals surface area contributed by atoms with Gasteiger partial charge in [-0.3, -0.25) is 0 Å². The van der Waals surface area contributed by atoms with Gasteiger partial charge in [0.05, 0.1) is 5.41 Å². The van der Waals surface area contributed by atoms with Crippen LogP contribution in [0.4, 0.5) is 13.2 Å². The Morgan fingerprint density at radius 1 is 1.00 bits per heavy atom. The summed E-state index contributed by atoms with van der Waals surface area (Å²) in [4.78, 5) is 0. The topological polar surface area (TPSA) is 0 Å². The Morgan fingerprint density at radius 2 is 1.44 bits per heavy atom. The van der Waals surface area contributed by atoms with E-state index in [9.17, 15) is 13.2 Å². The van der Waals surface area contributed by atoms with E-state index in [0.717, 1.165) is 32.1 Å². The summed E-state index contributed by atoms with van der Waals surface area (Å²) in [6.07, 6.45) is 9.38. The van der Waals surface area contributed by atoms with Gasteiger partial charge in [0.25, 0.3) is 0 Å². The fraction of sp³-hybridized carbons (Fsp3) is 0.867. The maximum absolute atomic E-state index is 12.8. The normalized spacial score (nSPS) is 32.4. The zero-order valence-corrected chi connectivity index (χ0v) is 11.7. The molecule has 0 bridgehead atoms.